The van der Waals surface area contributed by atoms with E-state index in [-0.39, 0.29) is 6.10 Å². The summed E-state index contributed by atoms with van der Waals surface area (Å²) in [5.41, 5.74) is 1.29. The normalized spacial score (nSPS) is 12.4. The lowest BCUT2D eigenvalue weighted by atomic mass is 10.0. The minimum atomic E-state index is 0.214. The van der Waals surface area contributed by atoms with E-state index in [1.54, 1.807) is 0 Å². The third kappa shape index (κ3) is 4.92. The molecule has 0 saturated heterocycles. The van der Waals surface area contributed by atoms with Crippen LogP contribution in [0, 0.1) is 0 Å². The van der Waals surface area contributed by atoms with Gasteiger partial charge in [0.1, 0.15) is 5.75 Å². The second-order valence-electron chi connectivity index (χ2n) is 4.72. The van der Waals surface area contributed by atoms with Crippen molar-refractivity contribution in [1.82, 2.24) is 5.32 Å². The van der Waals surface area contributed by atoms with Gasteiger partial charge in [-0.25, -0.2) is 0 Å². The number of hydrogen-bond donors (Lipinski definition) is 1. The summed E-state index contributed by atoms with van der Waals surface area (Å²) < 4.78 is 5.74. The zero-order valence-electron chi connectivity index (χ0n) is 11.8. The van der Waals surface area contributed by atoms with Crippen LogP contribution in [0.15, 0.2) is 36.9 Å². The molecular weight excluding hydrogens is 222 g/mol. The van der Waals surface area contributed by atoms with Crippen LogP contribution in [0.4, 0.5) is 0 Å². The Morgan fingerprint density at radius 3 is 2.78 bits per heavy atom. The van der Waals surface area contributed by atoms with Crippen LogP contribution in [0.1, 0.15) is 45.2 Å². The molecule has 1 atom stereocenters. The van der Waals surface area contributed by atoms with Crippen molar-refractivity contribution < 1.29 is 4.74 Å². The highest BCUT2D eigenvalue weighted by Gasteiger charge is 2.10. The van der Waals surface area contributed by atoms with Crippen molar-refractivity contribution in [1.29, 1.82) is 0 Å². The average molecular weight is 247 g/mol. The third-order valence-electron chi connectivity index (χ3n) is 2.74. The monoisotopic (exact) mass is 247 g/mol. The summed E-state index contributed by atoms with van der Waals surface area (Å²) in [5.74, 6) is 0.948. The van der Waals surface area contributed by atoms with E-state index < -0.39 is 0 Å². The number of nitrogens with one attached hydrogen (secondary N) is 1. The SMILES string of the molecule is C=CCCC(NCC)c1cccc(OC(C)C)c1. The van der Waals surface area contributed by atoms with Crippen molar-refractivity contribution in [2.75, 3.05) is 6.54 Å². The highest BCUT2D eigenvalue weighted by atomic mass is 16.5. The fourth-order valence-electron chi connectivity index (χ4n) is 1.99. The molecule has 2 nitrogen and oxygen atoms in total. The standard InChI is InChI=1S/C16H25NO/c1-5-7-11-16(17-6-2)14-9-8-10-15(12-14)18-13(3)4/h5,8-10,12-13,16-17H,1,6-7,11H2,2-4H3. The molecule has 0 heterocycles. The summed E-state index contributed by atoms with van der Waals surface area (Å²) in [6.07, 6.45) is 4.28. The highest BCUT2D eigenvalue weighted by molar-refractivity contribution is 5.30. The van der Waals surface area contributed by atoms with E-state index in [0.717, 1.165) is 25.1 Å². The van der Waals surface area contributed by atoms with E-state index in [1.165, 1.54) is 5.56 Å². The molecule has 0 bridgehead atoms. The van der Waals surface area contributed by atoms with Gasteiger partial charge < -0.3 is 10.1 Å². The van der Waals surface area contributed by atoms with Gasteiger partial charge >= 0.3 is 0 Å². The number of ether oxygens (including phenoxy) is 1. The van der Waals surface area contributed by atoms with Crippen LogP contribution >= 0.6 is 0 Å². The van der Waals surface area contributed by atoms with Crippen molar-refractivity contribution >= 4 is 0 Å². The highest BCUT2D eigenvalue weighted by Crippen LogP contribution is 2.23. The molecule has 1 N–H and O–H groups in total. The zero-order valence-corrected chi connectivity index (χ0v) is 11.8. The van der Waals surface area contributed by atoms with Crippen LogP contribution in [-0.2, 0) is 0 Å². The molecule has 0 aromatic heterocycles. The van der Waals surface area contributed by atoms with E-state index in [1.807, 2.05) is 26.0 Å². The fraction of sp³-hybridized carbons (Fsp3) is 0.500. The van der Waals surface area contributed by atoms with Crippen molar-refractivity contribution in [3.05, 3.63) is 42.5 Å². The summed E-state index contributed by atoms with van der Waals surface area (Å²) >= 11 is 0. The van der Waals surface area contributed by atoms with Crippen LogP contribution in [0.25, 0.3) is 0 Å². The van der Waals surface area contributed by atoms with Gasteiger partial charge in [-0.3, -0.25) is 0 Å². The number of benzene rings is 1. The Labute approximate surface area is 111 Å². The first-order chi connectivity index (χ1) is 8.67. The first-order valence-electron chi connectivity index (χ1n) is 6.78. The molecule has 0 aliphatic rings. The molecule has 0 aliphatic carbocycles. The van der Waals surface area contributed by atoms with Gasteiger partial charge in [-0.2, -0.15) is 0 Å². The third-order valence-corrected chi connectivity index (χ3v) is 2.74. The minimum absolute atomic E-state index is 0.214. The molecule has 1 aromatic carbocycles. The van der Waals surface area contributed by atoms with Crippen LogP contribution in [0.2, 0.25) is 0 Å². The van der Waals surface area contributed by atoms with Crippen LogP contribution in [0.3, 0.4) is 0 Å². The summed E-state index contributed by atoms with van der Waals surface area (Å²) in [5, 5.41) is 3.51. The maximum Gasteiger partial charge on any atom is 0.120 e. The Morgan fingerprint density at radius 2 is 2.17 bits per heavy atom. The van der Waals surface area contributed by atoms with Crippen LogP contribution in [-0.4, -0.2) is 12.6 Å². The first-order valence-corrected chi connectivity index (χ1v) is 6.78. The molecule has 18 heavy (non-hydrogen) atoms. The second kappa shape index (κ2) is 7.93. The Morgan fingerprint density at radius 1 is 1.39 bits per heavy atom. The van der Waals surface area contributed by atoms with Gasteiger partial charge in [0.25, 0.3) is 0 Å². The molecule has 0 fully saturated rings. The molecule has 1 unspecified atom stereocenters. The molecule has 0 radical (unpaired) electrons. The summed E-state index contributed by atoms with van der Waals surface area (Å²) in [7, 11) is 0. The molecule has 0 spiro atoms. The predicted molar refractivity (Wildman–Crippen MR) is 78.1 cm³/mol. The molecule has 0 saturated carbocycles. The van der Waals surface area contributed by atoms with Gasteiger partial charge in [-0.1, -0.05) is 25.1 Å². The Hall–Kier alpha value is -1.28. The summed E-state index contributed by atoms with van der Waals surface area (Å²) in [6.45, 7) is 11.0. The lowest BCUT2D eigenvalue weighted by molar-refractivity contribution is 0.242. The van der Waals surface area contributed by atoms with Gasteiger partial charge in [0.2, 0.25) is 0 Å². The molecule has 100 valence electrons. The topological polar surface area (TPSA) is 21.3 Å². The van der Waals surface area contributed by atoms with E-state index in [9.17, 15) is 0 Å². The lowest BCUT2D eigenvalue weighted by Crippen LogP contribution is -2.20. The molecule has 0 amide bonds. The van der Waals surface area contributed by atoms with Crippen molar-refractivity contribution in [2.45, 2.75) is 45.8 Å². The van der Waals surface area contributed by atoms with Gasteiger partial charge in [0, 0.05) is 6.04 Å². The number of allylic oxidation sites excluding steroid dienone is 1. The fourth-order valence-corrected chi connectivity index (χ4v) is 1.99. The number of hydrogen-bond acceptors (Lipinski definition) is 2. The van der Waals surface area contributed by atoms with Gasteiger partial charge in [0.15, 0.2) is 0 Å². The van der Waals surface area contributed by atoms with E-state index >= 15 is 0 Å². The van der Waals surface area contributed by atoms with Gasteiger partial charge in [0.05, 0.1) is 6.10 Å². The Balaban J connectivity index is 2.79. The Kier molecular flexibility index (Phi) is 6.51. The van der Waals surface area contributed by atoms with Crippen LogP contribution < -0.4 is 10.1 Å². The average Bonchev–Trinajstić information content (AvgIpc) is 2.34. The van der Waals surface area contributed by atoms with Crippen molar-refractivity contribution in [3.8, 4) is 5.75 Å². The predicted octanol–water partition coefficient (Wildman–Crippen LogP) is 4.09. The molecule has 2 heteroatoms. The molecule has 0 aliphatic heterocycles. The molecule has 1 rings (SSSR count). The maximum atomic E-state index is 5.74. The molecular formula is C16H25NO. The largest absolute Gasteiger partial charge is 0.491 e. The lowest BCUT2D eigenvalue weighted by Gasteiger charge is -2.19. The van der Waals surface area contributed by atoms with E-state index in [4.69, 9.17) is 4.74 Å². The number of rotatable bonds is 8. The Bertz CT molecular complexity index is 360. The molecule has 1 aromatic rings. The zero-order chi connectivity index (χ0) is 13.4. The first kappa shape index (κ1) is 14.8. The van der Waals surface area contributed by atoms with E-state index in [2.05, 4.69) is 37.0 Å². The van der Waals surface area contributed by atoms with E-state index in [0.29, 0.717) is 6.04 Å². The minimum Gasteiger partial charge on any atom is -0.491 e. The van der Waals surface area contributed by atoms with Crippen molar-refractivity contribution in [3.63, 3.8) is 0 Å². The quantitative estimate of drug-likeness (QED) is 0.699. The summed E-state index contributed by atoms with van der Waals surface area (Å²) in [6, 6.07) is 8.74. The van der Waals surface area contributed by atoms with Crippen molar-refractivity contribution in [2.24, 2.45) is 0 Å². The van der Waals surface area contributed by atoms with Crippen LogP contribution in [0.5, 0.6) is 5.75 Å². The van der Waals surface area contributed by atoms with Gasteiger partial charge in [-0.05, 0) is 50.9 Å². The smallest absolute Gasteiger partial charge is 0.120 e. The second-order valence-corrected chi connectivity index (χ2v) is 4.72. The summed E-state index contributed by atoms with van der Waals surface area (Å²) in [4.78, 5) is 0. The van der Waals surface area contributed by atoms with Gasteiger partial charge in [-0.15, -0.1) is 6.58 Å². The maximum absolute atomic E-state index is 5.74.